The average Bonchev–Trinajstić information content (AvgIpc) is 2.95. The van der Waals surface area contributed by atoms with Gasteiger partial charge in [-0.25, -0.2) is 13.2 Å². The number of nitrogens with one attached hydrogen (secondary N) is 2. The van der Waals surface area contributed by atoms with Crippen LogP contribution in [0, 0.1) is 36.4 Å². The van der Waals surface area contributed by atoms with Gasteiger partial charge in [0.2, 0.25) is 0 Å². The van der Waals surface area contributed by atoms with Crippen LogP contribution in [0.25, 0.3) is 0 Å². The van der Waals surface area contributed by atoms with E-state index in [0.717, 1.165) is 12.1 Å². The van der Waals surface area contributed by atoms with Crippen molar-refractivity contribution in [1.29, 1.82) is 5.26 Å². The van der Waals surface area contributed by atoms with Crippen LogP contribution in [0.1, 0.15) is 44.9 Å². The molecule has 1 fully saturated rings. The zero-order chi connectivity index (χ0) is 24.7. The van der Waals surface area contributed by atoms with E-state index in [0.29, 0.717) is 0 Å². The quantitative estimate of drug-likeness (QED) is 0.392. The highest BCUT2D eigenvalue weighted by Crippen LogP contribution is 2.45. The lowest BCUT2D eigenvalue weighted by Gasteiger charge is -2.43. The Labute approximate surface area is 191 Å². The zero-order valence-electron chi connectivity index (χ0n) is 17.4. The number of anilines is 1. The lowest BCUT2D eigenvalue weighted by atomic mass is 9.74. The maximum absolute atomic E-state index is 13.5. The molecular formula is C22H16ClF3N4O3. The molecule has 0 spiro atoms. The topological polar surface area (TPSA) is 104 Å². The summed E-state index contributed by atoms with van der Waals surface area (Å²) in [5.74, 6) is -4.89. The van der Waals surface area contributed by atoms with Gasteiger partial charge >= 0.3 is 0 Å². The van der Waals surface area contributed by atoms with Crippen molar-refractivity contribution < 1.29 is 27.6 Å². The molecule has 0 aliphatic heterocycles. The van der Waals surface area contributed by atoms with Gasteiger partial charge in [-0.3, -0.25) is 14.4 Å². The Morgan fingerprint density at radius 1 is 1.27 bits per heavy atom. The fourth-order valence-electron chi connectivity index (χ4n) is 3.60. The fraction of sp³-hybridized carbons (Fsp3) is 0.273. The first-order valence-electron chi connectivity index (χ1n) is 9.43. The second kappa shape index (κ2) is 8.30. The molecule has 33 heavy (non-hydrogen) atoms. The van der Waals surface area contributed by atoms with Gasteiger partial charge < -0.3 is 15.2 Å². The Balaban J connectivity index is 1.87. The lowest BCUT2D eigenvalue weighted by molar-refractivity contribution is -0.133. The predicted octanol–water partition coefficient (Wildman–Crippen LogP) is 3.35. The van der Waals surface area contributed by atoms with Gasteiger partial charge in [0.25, 0.3) is 23.5 Å². The van der Waals surface area contributed by atoms with Crippen LogP contribution >= 0.6 is 11.6 Å². The molecule has 0 radical (unpaired) electrons. The standard InChI is InChI=1S/C22H16ClF3N4O3/c1-4-21(9-22(25,26)10-21)29-20(33)18(31)15-11(2)30(3)17(16(15)23)19(32)28-13-5-6-14(24)12(7-13)8-27/h1,5-7H,9-10H2,2-3H3,(H,28,32)(H,29,33). The summed E-state index contributed by atoms with van der Waals surface area (Å²) in [7, 11) is 1.42. The Morgan fingerprint density at radius 2 is 1.91 bits per heavy atom. The molecule has 1 aliphatic rings. The first kappa shape index (κ1) is 23.9. The maximum atomic E-state index is 13.5. The number of ketones is 1. The number of hydrogen-bond donors (Lipinski definition) is 2. The molecule has 170 valence electrons. The molecule has 1 aromatic carbocycles. The van der Waals surface area contributed by atoms with Crippen LogP contribution in [0.15, 0.2) is 18.2 Å². The molecule has 1 aliphatic carbocycles. The SMILES string of the molecule is C#CC1(NC(=O)C(=O)c2c(Cl)c(C(=O)Nc3ccc(F)c(C#N)c3)n(C)c2C)CC(F)(F)C1. The molecule has 2 N–H and O–H groups in total. The number of nitrogens with zero attached hydrogens (tertiary/aromatic N) is 2. The predicted molar refractivity (Wildman–Crippen MR) is 112 cm³/mol. The minimum Gasteiger partial charge on any atom is -0.342 e. The zero-order valence-corrected chi connectivity index (χ0v) is 18.1. The largest absolute Gasteiger partial charge is 0.342 e. The van der Waals surface area contributed by atoms with Gasteiger partial charge in [0, 0.05) is 31.3 Å². The molecule has 0 saturated heterocycles. The third-order valence-corrected chi connectivity index (χ3v) is 5.74. The van der Waals surface area contributed by atoms with Crippen molar-refractivity contribution in [3.8, 4) is 18.4 Å². The third-order valence-electron chi connectivity index (χ3n) is 5.37. The molecule has 1 saturated carbocycles. The molecular weight excluding hydrogens is 461 g/mol. The van der Waals surface area contributed by atoms with E-state index in [4.69, 9.17) is 23.3 Å². The van der Waals surface area contributed by atoms with Crippen molar-refractivity contribution in [3.05, 3.63) is 51.6 Å². The van der Waals surface area contributed by atoms with Crippen LogP contribution in [0.5, 0.6) is 0 Å². The third kappa shape index (κ3) is 4.30. The van der Waals surface area contributed by atoms with Gasteiger partial charge in [-0.1, -0.05) is 17.5 Å². The first-order chi connectivity index (χ1) is 15.3. The summed E-state index contributed by atoms with van der Waals surface area (Å²) in [5.41, 5.74) is -2.16. The summed E-state index contributed by atoms with van der Waals surface area (Å²) in [4.78, 5) is 38.0. The van der Waals surface area contributed by atoms with Gasteiger partial charge in [0.1, 0.15) is 23.1 Å². The first-order valence-corrected chi connectivity index (χ1v) is 9.81. The van der Waals surface area contributed by atoms with Crippen LogP contribution in [-0.2, 0) is 11.8 Å². The summed E-state index contributed by atoms with van der Waals surface area (Å²) in [5, 5.41) is 13.2. The van der Waals surface area contributed by atoms with Crippen molar-refractivity contribution in [1.82, 2.24) is 9.88 Å². The number of nitriles is 1. The minimum absolute atomic E-state index is 0.0976. The highest BCUT2D eigenvalue weighted by atomic mass is 35.5. The number of benzene rings is 1. The fourth-order valence-corrected chi connectivity index (χ4v) is 4.04. The Hall–Kier alpha value is -3.76. The van der Waals surface area contributed by atoms with Gasteiger partial charge in [-0.05, 0) is 25.1 Å². The monoisotopic (exact) mass is 476 g/mol. The molecule has 3 rings (SSSR count). The van der Waals surface area contributed by atoms with E-state index in [1.54, 1.807) is 6.07 Å². The summed E-state index contributed by atoms with van der Waals surface area (Å²) >= 11 is 6.26. The van der Waals surface area contributed by atoms with Crippen LogP contribution in [0.2, 0.25) is 5.02 Å². The van der Waals surface area contributed by atoms with Crippen LogP contribution in [0.3, 0.4) is 0 Å². The second-order valence-electron chi connectivity index (χ2n) is 7.66. The van der Waals surface area contributed by atoms with E-state index in [-0.39, 0.29) is 33.2 Å². The molecule has 0 atom stereocenters. The molecule has 0 bridgehead atoms. The van der Waals surface area contributed by atoms with Crippen molar-refractivity contribution in [2.75, 3.05) is 5.32 Å². The number of carbonyl (C=O) groups excluding carboxylic acids is 3. The number of aromatic nitrogens is 1. The number of alkyl halides is 2. The number of carbonyl (C=O) groups is 3. The average molecular weight is 477 g/mol. The highest BCUT2D eigenvalue weighted by Gasteiger charge is 2.57. The molecule has 1 heterocycles. The summed E-state index contributed by atoms with van der Waals surface area (Å²) in [6.45, 7) is 1.43. The van der Waals surface area contributed by atoms with Crippen molar-refractivity contribution in [2.24, 2.45) is 7.05 Å². The Bertz CT molecular complexity index is 1280. The van der Waals surface area contributed by atoms with Gasteiger partial charge in [0.05, 0.1) is 16.1 Å². The lowest BCUT2D eigenvalue weighted by Crippen LogP contribution is -2.62. The van der Waals surface area contributed by atoms with Crippen LogP contribution in [-0.4, -0.2) is 33.6 Å². The van der Waals surface area contributed by atoms with Crippen molar-refractivity contribution in [2.45, 2.75) is 31.2 Å². The minimum atomic E-state index is -3.04. The van der Waals surface area contributed by atoms with Gasteiger partial charge in [-0.2, -0.15) is 5.26 Å². The number of amides is 2. The van der Waals surface area contributed by atoms with E-state index < -0.39 is 47.7 Å². The van der Waals surface area contributed by atoms with Crippen LogP contribution in [0.4, 0.5) is 18.9 Å². The van der Waals surface area contributed by atoms with E-state index in [2.05, 4.69) is 16.6 Å². The van der Waals surface area contributed by atoms with E-state index in [1.807, 2.05) is 0 Å². The van der Waals surface area contributed by atoms with Crippen LogP contribution < -0.4 is 10.6 Å². The van der Waals surface area contributed by atoms with E-state index in [9.17, 15) is 27.6 Å². The van der Waals surface area contributed by atoms with Crippen molar-refractivity contribution in [3.63, 3.8) is 0 Å². The van der Waals surface area contributed by atoms with Crippen molar-refractivity contribution >= 4 is 34.9 Å². The number of halogens is 4. The molecule has 1 aromatic heterocycles. The molecule has 0 unspecified atom stereocenters. The number of hydrogen-bond acceptors (Lipinski definition) is 4. The Morgan fingerprint density at radius 3 is 2.45 bits per heavy atom. The second-order valence-corrected chi connectivity index (χ2v) is 8.04. The highest BCUT2D eigenvalue weighted by molar-refractivity contribution is 6.48. The Kier molecular flexibility index (Phi) is 6.01. The van der Waals surface area contributed by atoms with Gasteiger partial charge in [-0.15, -0.1) is 6.42 Å². The van der Waals surface area contributed by atoms with E-state index in [1.165, 1.54) is 24.6 Å². The smallest absolute Gasteiger partial charge is 0.293 e. The molecule has 2 amide bonds. The summed E-state index contributed by atoms with van der Waals surface area (Å²) in [6, 6.07) is 4.98. The summed E-state index contributed by atoms with van der Waals surface area (Å²) < 4.78 is 41.3. The number of terminal acetylenes is 1. The summed E-state index contributed by atoms with van der Waals surface area (Å²) in [6.07, 6.45) is 3.67. The maximum Gasteiger partial charge on any atom is 0.293 e. The normalized spacial score (nSPS) is 15.5. The molecule has 11 heteroatoms. The number of Topliss-reactive ketones (excluding diaryl/α,β-unsaturated/α-hetero) is 1. The van der Waals surface area contributed by atoms with E-state index >= 15 is 0 Å². The number of rotatable bonds is 5. The molecule has 2 aromatic rings. The molecule has 7 nitrogen and oxygen atoms in total. The van der Waals surface area contributed by atoms with Gasteiger partial charge in [0.15, 0.2) is 0 Å².